The number of nitrogens with one attached hydrogen (secondary N) is 1. The fraction of sp³-hybridized carbons (Fsp3) is 0.294. The first-order valence-electron chi connectivity index (χ1n) is 6.96. The van der Waals surface area contributed by atoms with Gasteiger partial charge in [-0.15, -0.1) is 0 Å². The van der Waals surface area contributed by atoms with E-state index < -0.39 is 6.10 Å². The van der Waals surface area contributed by atoms with Crippen molar-refractivity contribution in [2.45, 2.75) is 25.5 Å². The van der Waals surface area contributed by atoms with Crippen molar-refractivity contribution in [1.82, 2.24) is 5.32 Å². The van der Waals surface area contributed by atoms with Gasteiger partial charge in [-0.05, 0) is 48.7 Å². The summed E-state index contributed by atoms with van der Waals surface area (Å²) in [5.41, 5.74) is 1.71. The van der Waals surface area contributed by atoms with Crippen molar-refractivity contribution in [3.8, 4) is 0 Å². The average molecular weight is 291 g/mol. The number of hydrogen-bond acceptors (Lipinski definition) is 2. The second-order valence-corrected chi connectivity index (χ2v) is 5.21. The summed E-state index contributed by atoms with van der Waals surface area (Å²) in [5, 5.41) is 13.2. The van der Waals surface area contributed by atoms with E-state index in [0.717, 1.165) is 12.0 Å². The summed E-state index contributed by atoms with van der Waals surface area (Å²) in [6, 6.07) is 12.4. The third kappa shape index (κ3) is 4.92. The molecule has 0 aliphatic heterocycles. The van der Waals surface area contributed by atoms with Crippen LogP contribution in [-0.4, -0.2) is 17.7 Å². The highest BCUT2D eigenvalue weighted by atomic mass is 19.1. The van der Waals surface area contributed by atoms with Crippen LogP contribution in [0.5, 0.6) is 0 Å². The van der Waals surface area contributed by atoms with Crippen LogP contribution in [0.1, 0.15) is 24.2 Å². The third-order valence-electron chi connectivity index (χ3n) is 3.37. The maximum Gasteiger partial charge on any atom is 0.123 e. The molecule has 0 aromatic heterocycles. The quantitative estimate of drug-likeness (QED) is 0.856. The van der Waals surface area contributed by atoms with Gasteiger partial charge in [0.25, 0.3) is 0 Å². The van der Waals surface area contributed by atoms with Crippen LogP contribution in [0.4, 0.5) is 8.78 Å². The molecule has 0 radical (unpaired) electrons. The Morgan fingerprint density at radius 3 is 2.05 bits per heavy atom. The molecule has 0 saturated heterocycles. The van der Waals surface area contributed by atoms with Crippen molar-refractivity contribution in [3.63, 3.8) is 0 Å². The van der Waals surface area contributed by atoms with Crippen molar-refractivity contribution in [3.05, 3.63) is 71.3 Å². The van der Waals surface area contributed by atoms with E-state index in [4.69, 9.17) is 0 Å². The summed E-state index contributed by atoms with van der Waals surface area (Å²) in [7, 11) is 0. The summed E-state index contributed by atoms with van der Waals surface area (Å²) in [4.78, 5) is 0. The van der Waals surface area contributed by atoms with Gasteiger partial charge in [0.15, 0.2) is 0 Å². The summed E-state index contributed by atoms with van der Waals surface area (Å²) < 4.78 is 25.6. The molecule has 21 heavy (non-hydrogen) atoms. The van der Waals surface area contributed by atoms with Crippen molar-refractivity contribution >= 4 is 0 Å². The van der Waals surface area contributed by atoms with E-state index in [1.807, 2.05) is 6.92 Å². The van der Waals surface area contributed by atoms with E-state index in [9.17, 15) is 13.9 Å². The molecule has 4 heteroatoms. The van der Waals surface area contributed by atoms with Crippen LogP contribution >= 0.6 is 0 Å². The Morgan fingerprint density at radius 1 is 0.952 bits per heavy atom. The first kappa shape index (κ1) is 15.6. The van der Waals surface area contributed by atoms with Gasteiger partial charge in [-0.3, -0.25) is 0 Å². The SMILES string of the molecule is CC(Cc1ccc(F)cc1)NCC(O)c1ccc(F)cc1. The van der Waals surface area contributed by atoms with Crippen LogP contribution < -0.4 is 5.32 Å². The largest absolute Gasteiger partial charge is 0.387 e. The van der Waals surface area contributed by atoms with Gasteiger partial charge in [0, 0.05) is 12.6 Å². The monoisotopic (exact) mass is 291 g/mol. The predicted octanol–water partition coefficient (Wildman–Crippen LogP) is 3.22. The normalized spacial score (nSPS) is 13.9. The average Bonchev–Trinajstić information content (AvgIpc) is 2.48. The van der Waals surface area contributed by atoms with Gasteiger partial charge in [-0.25, -0.2) is 8.78 Å². The Bertz CT molecular complexity index is 554. The molecule has 2 rings (SSSR count). The topological polar surface area (TPSA) is 32.3 Å². The smallest absolute Gasteiger partial charge is 0.123 e. The van der Waals surface area contributed by atoms with Crippen LogP contribution in [0.2, 0.25) is 0 Å². The van der Waals surface area contributed by atoms with E-state index in [-0.39, 0.29) is 17.7 Å². The van der Waals surface area contributed by atoms with E-state index in [1.54, 1.807) is 24.3 Å². The van der Waals surface area contributed by atoms with Gasteiger partial charge in [-0.1, -0.05) is 24.3 Å². The van der Waals surface area contributed by atoms with Gasteiger partial charge in [0.2, 0.25) is 0 Å². The number of aliphatic hydroxyl groups is 1. The zero-order chi connectivity index (χ0) is 15.2. The van der Waals surface area contributed by atoms with Gasteiger partial charge >= 0.3 is 0 Å². The Balaban J connectivity index is 1.81. The lowest BCUT2D eigenvalue weighted by Gasteiger charge is -2.17. The van der Waals surface area contributed by atoms with Gasteiger partial charge in [-0.2, -0.15) is 0 Å². The highest BCUT2D eigenvalue weighted by molar-refractivity contribution is 5.19. The van der Waals surface area contributed by atoms with Crippen LogP contribution in [0.3, 0.4) is 0 Å². The lowest BCUT2D eigenvalue weighted by atomic mass is 10.1. The lowest BCUT2D eigenvalue weighted by Crippen LogP contribution is -2.32. The molecule has 2 N–H and O–H groups in total. The van der Waals surface area contributed by atoms with Crippen LogP contribution in [-0.2, 0) is 6.42 Å². The van der Waals surface area contributed by atoms with Crippen molar-refractivity contribution in [1.29, 1.82) is 0 Å². The second-order valence-electron chi connectivity index (χ2n) is 5.21. The first-order chi connectivity index (χ1) is 10.0. The molecule has 2 nitrogen and oxygen atoms in total. The van der Waals surface area contributed by atoms with E-state index in [2.05, 4.69) is 5.32 Å². The fourth-order valence-corrected chi connectivity index (χ4v) is 2.16. The molecule has 0 spiro atoms. The maximum atomic E-state index is 12.8. The molecular weight excluding hydrogens is 272 g/mol. The van der Waals surface area contributed by atoms with Crippen molar-refractivity contribution < 1.29 is 13.9 Å². The summed E-state index contributed by atoms with van der Waals surface area (Å²) >= 11 is 0. The molecular formula is C17H19F2NO. The minimum Gasteiger partial charge on any atom is -0.387 e. The zero-order valence-electron chi connectivity index (χ0n) is 11.9. The molecule has 2 aromatic rings. The molecule has 0 saturated carbocycles. The lowest BCUT2D eigenvalue weighted by molar-refractivity contribution is 0.170. The maximum absolute atomic E-state index is 12.8. The molecule has 2 unspecified atom stereocenters. The number of benzene rings is 2. The van der Waals surface area contributed by atoms with Gasteiger partial charge in [0.05, 0.1) is 6.10 Å². The molecule has 112 valence electrons. The third-order valence-corrected chi connectivity index (χ3v) is 3.37. The second kappa shape index (κ2) is 7.29. The minimum atomic E-state index is -0.679. The number of halogens is 2. The molecule has 0 amide bonds. The Morgan fingerprint density at radius 2 is 1.48 bits per heavy atom. The summed E-state index contributed by atoms with van der Waals surface area (Å²) in [6.07, 6.45) is 0.0671. The van der Waals surface area contributed by atoms with Crippen LogP contribution in [0.25, 0.3) is 0 Å². The molecule has 2 atom stereocenters. The van der Waals surface area contributed by atoms with Gasteiger partial charge in [0.1, 0.15) is 11.6 Å². The van der Waals surface area contributed by atoms with Crippen molar-refractivity contribution in [2.24, 2.45) is 0 Å². The number of aliphatic hydroxyl groups excluding tert-OH is 1. The van der Waals surface area contributed by atoms with E-state index >= 15 is 0 Å². The van der Waals surface area contributed by atoms with E-state index in [0.29, 0.717) is 12.1 Å². The summed E-state index contributed by atoms with van der Waals surface area (Å²) in [5.74, 6) is -0.560. The highest BCUT2D eigenvalue weighted by Gasteiger charge is 2.10. The minimum absolute atomic E-state index is 0.144. The standard InChI is InChI=1S/C17H19F2NO/c1-12(10-13-2-6-15(18)7-3-13)20-11-17(21)14-4-8-16(19)9-5-14/h2-9,12,17,20-21H,10-11H2,1H3. The molecule has 0 aliphatic carbocycles. The highest BCUT2D eigenvalue weighted by Crippen LogP contribution is 2.13. The van der Waals surface area contributed by atoms with Crippen molar-refractivity contribution in [2.75, 3.05) is 6.54 Å². The van der Waals surface area contributed by atoms with Crippen LogP contribution in [0.15, 0.2) is 48.5 Å². The molecule has 0 bridgehead atoms. The first-order valence-corrected chi connectivity index (χ1v) is 6.96. The predicted molar refractivity (Wildman–Crippen MR) is 78.9 cm³/mol. The number of hydrogen-bond donors (Lipinski definition) is 2. The molecule has 0 aliphatic rings. The fourth-order valence-electron chi connectivity index (χ4n) is 2.16. The van der Waals surface area contributed by atoms with Gasteiger partial charge < -0.3 is 10.4 Å². The van der Waals surface area contributed by atoms with E-state index in [1.165, 1.54) is 24.3 Å². The molecule has 0 fully saturated rings. The molecule has 2 aromatic carbocycles. The molecule has 0 heterocycles. The Labute approximate surface area is 123 Å². The Hall–Kier alpha value is -1.78. The van der Waals surface area contributed by atoms with Crippen LogP contribution in [0, 0.1) is 11.6 Å². The number of rotatable bonds is 6. The zero-order valence-corrected chi connectivity index (χ0v) is 11.9. The Kier molecular flexibility index (Phi) is 5.42. The summed E-state index contributed by atoms with van der Waals surface area (Å²) in [6.45, 7) is 2.38.